The number of carbonyl (C=O) groups excluding carboxylic acids is 2. The highest BCUT2D eigenvalue weighted by atomic mass is 16.7. The standard InChI is InChI=1S/C29H43BN4O6/c1-25(2,3)38-24(36)34-19-28(20-34)16-22(14-11-15-30-39-26(4,5)27(6,7)40-30)29(18-28,32-33-31)23(35)37-17-21-12-9-8-10-13-21/h8-10,12-13,22H,11,14-20H2,1-7H3. The lowest BCUT2D eigenvalue weighted by Crippen LogP contribution is -2.59. The molecular formula is C29H43BN4O6. The van der Waals surface area contributed by atoms with Crippen LogP contribution in [0.25, 0.3) is 10.4 Å². The minimum Gasteiger partial charge on any atom is -0.460 e. The van der Waals surface area contributed by atoms with Gasteiger partial charge in [-0.2, -0.15) is 0 Å². The van der Waals surface area contributed by atoms with E-state index in [1.165, 1.54) is 0 Å². The molecule has 40 heavy (non-hydrogen) atoms. The predicted molar refractivity (Wildman–Crippen MR) is 151 cm³/mol. The van der Waals surface area contributed by atoms with E-state index in [-0.39, 0.29) is 31.2 Å². The van der Waals surface area contributed by atoms with Crippen LogP contribution in [0.3, 0.4) is 0 Å². The molecule has 1 aromatic rings. The molecule has 3 fully saturated rings. The fourth-order valence-electron chi connectivity index (χ4n) is 6.22. The Balaban J connectivity index is 1.49. The summed E-state index contributed by atoms with van der Waals surface area (Å²) in [5, 5.41) is 4.16. The molecule has 11 heteroatoms. The molecule has 4 rings (SSSR count). The van der Waals surface area contributed by atoms with Crippen LogP contribution in [0, 0.1) is 11.3 Å². The minimum absolute atomic E-state index is 0.0973. The number of azide groups is 1. The maximum Gasteiger partial charge on any atom is 0.457 e. The van der Waals surface area contributed by atoms with Crippen LogP contribution in [0.15, 0.2) is 35.4 Å². The zero-order chi connectivity index (χ0) is 29.4. The summed E-state index contributed by atoms with van der Waals surface area (Å²) in [5.74, 6) is -0.753. The van der Waals surface area contributed by atoms with Gasteiger partial charge in [0.1, 0.15) is 17.7 Å². The molecule has 0 bridgehead atoms. The van der Waals surface area contributed by atoms with Crippen LogP contribution >= 0.6 is 0 Å². The molecule has 218 valence electrons. The Bertz CT molecular complexity index is 1120. The van der Waals surface area contributed by atoms with E-state index >= 15 is 0 Å². The number of hydrogen-bond acceptors (Lipinski definition) is 7. The van der Waals surface area contributed by atoms with E-state index in [2.05, 4.69) is 10.0 Å². The molecular weight excluding hydrogens is 511 g/mol. The van der Waals surface area contributed by atoms with Crippen molar-refractivity contribution < 1.29 is 28.4 Å². The van der Waals surface area contributed by atoms with Gasteiger partial charge in [0.15, 0.2) is 0 Å². The molecule has 1 aliphatic carbocycles. The van der Waals surface area contributed by atoms with Gasteiger partial charge in [0.25, 0.3) is 0 Å². The lowest BCUT2D eigenvalue weighted by molar-refractivity contribution is -0.153. The van der Waals surface area contributed by atoms with Gasteiger partial charge in [-0.3, -0.25) is 4.79 Å². The summed E-state index contributed by atoms with van der Waals surface area (Å²) in [5.41, 5.74) is 7.36. The molecule has 10 nitrogen and oxygen atoms in total. The number of likely N-dealkylation sites (tertiary alicyclic amines) is 1. The zero-order valence-corrected chi connectivity index (χ0v) is 24.9. The van der Waals surface area contributed by atoms with Crippen molar-refractivity contribution in [2.45, 2.75) is 109 Å². The second-order valence-corrected chi connectivity index (χ2v) is 13.7. The Morgan fingerprint density at radius 3 is 2.33 bits per heavy atom. The number of hydrogen-bond donors (Lipinski definition) is 0. The molecule has 2 unspecified atom stereocenters. The summed E-state index contributed by atoms with van der Waals surface area (Å²) in [4.78, 5) is 31.2. The molecule has 1 aromatic carbocycles. The van der Waals surface area contributed by atoms with Gasteiger partial charge in [0.05, 0.1) is 11.2 Å². The largest absolute Gasteiger partial charge is 0.460 e. The third-order valence-electron chi connectivity index (χ3n) is 8.79. The molecule has 2 saturated heterocycles. The number of esters is 1. The third-order valence-corrected chi connectivity index (χ3v) is 8.79. The Kier molecular flexibility index (Phi) is 8.25. The summed E-state index contributed by atoms with van der Waals surface area (Å²) in [6, 6.07) is 9.44. The number of rotatable bonds is 8. The number of carbonyl (C=O) groups is 2. The molecule has 2 aliphatic heterocycles. The van der Waals surface area contributed by atoms with Crippen LogP contribution in [0.2, 0.25) is 6.32 Å². The molecule has 0 radical (unpaired) electrons. The maximum absolute atomic E-state index is 13.7. The highest BCUT2D eigenvalue weighted by molar-refractivity contribution is 6.45. The van der Waals surface area contributed by atoms with Crippen molar-refractivity contribution in [1.82, 2.24) is 4.90 Å². The first kappa shape index (κ1) is 30.2. The molecule has 2 heterocycles. The van der Waals surface area contributed by atoms with E-state index in [1.807, 2.05) is 78.8 Å². The SMILES string of the molecule is CC(C)(C)OC(=O)N1CC2(CC(CCCB3OC(C)(C)C(C)(C)O3)C(N=[N+]=[N-])(C(=O)OCc3ccccc3)C2)C1. The van der Waals surface area contributed by atoms with Crippen molar-refractivity contribution in [2.24, 2.45) is 16.4 Å². The van der Waals surface area contributed by atoms with E-state index in [0.717, 1.165) is 12.0 Å². The van der Waals surface area contributed by atoms with Gasteiger partial charge in [-0.25, -0.2) is 4.79 Å². The van der Waals surface area contributed by atoms with Crippen molar-refractivity contribution in [3.8, 4) is 0 Å². The molecule has 1 spiro atoms. The normalized spacial score (nSPS) is 26.2. The number of benzene rings is 1. The smallest absolute Gasteiger partial charge is 0.457 e. The van der Waals surface area contributed by atoms with Gasteiger partial charge in [0.2, 0.25) is 0 Å². The van der Waals surface area contributed by atoms with Crippen LogP contribution in [-0.2, 0) is 30.2 Å². The summed E-state index contributed by atoms with van der Waals surface area (Å²) >= 11 is 0. The van der Waals surface area contributed by atoms with Crippen molar-refractivity contribution >= 4 is 19.2 Å². The first-order valence-electron chi connectivity index (χ1n) is 14.2. The molecule has 0 N–H and O–H groups in total. The summed E-state index contributed by atoms with van der Waals surface area (Å²) in [6.45, 7) is 14.6. The number of nitrogens with zero attached hydrogens (tertiary/aromatic N) is 4. The molecule has 1 saturated carbocycles. The molecule has 2 atom stereocenters. The van der Waals surface area contributed by atoms with Crippen molar-refractivity contribution in [2.75, 3.05) is 13.1 Å². The van der Waals surface area contributed by atoms with Gasteiger partial charge < -0.3 is 23.7 Å². The topological polar surface area (TPSA) is 123 Å². The summed E-state index contributed by atoms with van der Waals surface area (Å²) in [7, 11) is -0.342. The monoisotopic (exact) mass is 554 g/mol. The lowest BCUT2D eigenvalue weighted by atomic mass is 9.76. The van der Waals surface area contributed by atoms with Crippen LogP contribution in [0.1, 0.15) is 79.7 Å². The van der Waals surface area contributed by atoms with Gasteiger partial charge in [-0.05, 0) is 91.1 Å². The molecule has 0 aromatic heterocycles. The van der Waals surface area contributed by atoms with Gasteiger partial charge in [-0.15, -0.1) is 0 Å². The van der Waals surface area contributed by atoms with E-state index < -0.39 is 28.3 Å². The average Bonchev–Trinajstić information content (AvgIpc) is 3.26. The van der Waals surface area contributed by atoms with Crippen molar-refractivity contribution in [3.63, 3.8) is 0 Å². The van der Waals surface area contributed by atoms with Gasteiger partial charge >= 0.3 is 19.2 Å². The van der Waals surface area contributed by atoms with E-state index in [9.17, 15) is 15.1 Å². The van der Waals surface area contributed by atoms with Crippen LogP contribution < -0.4 is 0 Å². The van der Waals surface area contributed by atoms with Gasteiger partial charge in [-0.1, -0.05) is 41.9 Å². The van der Waals surface area contributed by atoms with Gasteiger partial charge in [0, 0.05) is 23.4 Å². The maximum atomic E-state index is 13.7. The first-order chi connectivity index (χ1) is 18.6. The quantitative estimate of drug-likeness (QED) is 0.122. The fraction of sp³-hybridized carbons (Fsp3) is 0.724. The highest BCUT2D eigenvalue weighted by Crippen LogP contribution is 2.57. The third kappa shape index (κ3) is 6.27. The highest BCUT2D eigenvalue weighted by Gasteiger charge is 2.63. The van der Waals surface area contributed by atoms with Crippen molar-refractivity contribution in [1.29, 1.82) is 0 Å². The first-order valence-corrected chi connectivity index (χ1v) is 14.2. The van der Waals surface area contributed by atoms with Crippen LogP contribution in [-0.4, -0.2) is 59.5 Å². The van der Waals surface area contributed by atoms with Crippen molar-refractivity contribution in [3.05, 3.63) is 46.3 Å². The minimum atomic E-state index is -1.35. The zero-order valence-electron chi connectivity index (χ0n) is 24.9. The Hall–Kier alpha value is -2.75. The lowest BCUT2D eigenvalue weighted by Gasteiger charge is -2.48. The molecule has 1 amide bonds. The molecule has 3 aliphatic rings. The van der Waals surface area contributed by atoms with E-state index in [4.69, 9.17) is 18.8 Å². The Morgan fingerprint density at radius 1 is 1.12 bits per heavy atom. The Labute approximate surface area is 237 Å². The second-order valence-electron chi connectivity index (χ2n) is 13.7. The second kappa shape index (κ2) is 10.9. The average molecular weight is 554 g/mol. The van der Waals surface area contributed by atoms with E-state index in [0.29, 0.717) is 38.7 Å². The van der Waals surface area contributed by atoms with Crippen LogP contribution in [0.4, 0.5) is 4.79 Å². The summed E-state index contributed by atoms with van der Waals surface area (Å²) < 4.78 is 23.6. The van der Waals surface area contributed by atoms with Crippen LogP contribution in [0.5, 0.6) is 0 Å². The number of amides is 1. The summed E-state index contributed by atoms with van der Waals surface area (Å²) in [6.07, 6.45) is 2.63. The number of ether oxygens (including phenoxy) is 2. The van der Waals surface area contributed by atoms with E-state index in [1.54, 1.807) is 4.90 Å². The predicted octanol–water partition coefficient (Wildman–Crippen LogP) is 6.30. The Morgan fingerprint density at radius 2 is 1.75 bits per heavy atom. The fourth-order valence-corrected chi connectivity index (χ4v) is 6.22.